The first kappa shape index (κ1) is 15.5. The van der Waals surface area contributed by atoms with Crippen molar-refractivity contribution in [3.8, 4) is 0 Å². The van der Waals surface area contributed by atoms with Crippen LogP contribution >= 0.6 is 0 Å². The van der Waals surface area contributed by atoms with Gasteiger partial charge in [0.2, 0.25) is 11.8 Å². The average molecular weight is 289 g/mol. The van der Waals surface area contributed by atoms with E-state index in [4.69, 9.17) is 0 Å². The van der Waals surface area contributed by atoms with E-state index in [2.05, 4.69) is 10.6 Å². The summed E-state index contributed by atoms with van der Waals surface area (Å²) < 4.78 is 0. The number of hydrogen-bond donors (Lipinski definition) is 2. The Morgan fingerprint density at radius 3 is 2.86 bits per heavy atom. The largest absolute Gasteiger partial charge is 0.354 e. The molecule has 2 N–H and O–H groups in total. The van der Waals surface area contributed by atoms with Gasteiger partial charge in [-0.25, -0.2) is 0 Å². The highest BCUT2D eigenvalue weighted by atomic mass is 16.2. The molecule has 2 amide bonds. The van der Waals surface area contributed by atoms with E-state index in [0.717, 1.165) is 18.5 Å². The number of carbonyl (C=O) groups excluding carboxylic acids is 2. The minimum absolute atomic E-state index is 0.00868. The second kappa shape index (κ2) is 7.78. The molecule has 114 valence electrons. The summed E-state index contributed by atoms with van der Waals surface area (Å²) in [5, 5.41) is 5.90. The van der Waals surface area contributed by atoms with Crippen LogP contribution in [0, 0.1) is 0 Å². The van der Waals surface area contributed by atoms with Gasteiger partial charge in [0.15, 0.2) is 0 Å². The van der Waals surface area contributed by atoms with Crippen molar-refractivity contribution in [1.29, 1.82) is 0 Å². The summed E-state index contributed by atoms with van der Waals surface area (Å²) in [6.07, 6.45) is 1.66. The lowest BCUT2D eigenvalue weighted by Gasteiger charge is -2.29. The highest BCUT2D eigenvalue weighted by Gasteiger charge is 2.29. The number of rotatable bonds is 5. The number of nitrogens with zero attached hydrogens (tertiary/aromatic N) is 1. The normalized spacial score (nSPS) is 19.0. The predicted molar refractivity (Wildman–Crippen MR) is 81.7 cm³/mol. The first-order valence-electron chi connectivity index (χ1n) is 7.48. The van der Waals surface area contributed by atoms with Gasteiger partial charge < -0.3 is 15.5 Å². The fourth-order valence-electron chi connectivity index (χ4n) is 2.66. The Morgan fingerprint density at radius 2 is 2.14 bits per heavy atom. The molecule has 0 spiro atoms. The van der Waals surface area contributed by atoms with Crippen LogP contribution in [0.15, 0.2) is 30.3 Å². The molecule has 0 aliphatic carbocycles. The van der Waals surface area contributed by atoms with Crippen molar-refractivity contribution in [1.82, 2.24) is 15.5 Å². The third kappa shape index (κ3) is 4.29. The van der Waals surface area contributed by atoms with Crippen molar-refractivity contribution in [3.05, 3.63) is 35.9 Å². The Kier molecular flexibility index (Phi) is 5.75. The molecule has 1 aromatic rings. The lowest BCUT2D eigenvalue weighted by atomic mass is 10.0. The van der Waals surface area contributed by atoms with Crippen molar-refractivity contribution in [2.45, 2.75) is 25.3 Å². The van der Waals surface area contributed by atoms with Crippen LogP contribution in [0.3, 0.4) is 0 Å². The summed E-state index contributed by atoms with van der Waals surface area (Å²) in [5.41, 5.74) is 1.02. The molecule has 1 heterocycles. The first-order chi connectivity index (χ1) is 10.2. The van der Waals surface area contributed by atoms with Gasteiger partial charge in [0.25, 0.3) is 0 Å². The Labute approximate surface area is 125 Å². The smallest absolute Gasteiger partial charge is 0.223 e. The van der Waals surface area contributed by atoms with Crippen LogP contribution in [0.1, 0.15) is 30.9 Å². The molecule has 0 bridgehead atoms. The predicted octanol–water partition coefficient (Wildman–Crippen LogP) is 1.08. The van der Waals surface area contributed by atoms with Crippen LogP contribution in [0.2, 0.25) is 0 Å². The Balaban J connectivity index is 2.14. The minimum atomic E-state index is -0.157. The van der Waals surface area contributed by atoms with Crippen molar-refractivity contribution in [2.24, 2.45) is 0 Å². The second-order valence-electron chi connectivity index (χ2n) is 5.27. The summed E-state index contributed by atoms with van der Waals surface area (Å²) in [5.74, 6) is 0.130. The molecule has 1 saturated heterocycles. The Hall–Kier alpha value is -1.88. The van der Waals surface area contributed by atoms with E-state index in [1.165, 1.54) is 0 Å². The molecule has 1 fully saturated rings. The van der Waals surface area contributed by atoms with E-state index in [1.54, 1.807) is 0 Å². The second-order valence-corrected chi connectivity index (χ2v) is 5.27. The summed E-state index contributed by atoms with van der Waals surface area (Å²) in [6.45, 7) is 1.93. The fraction of sp³-hybridized carbons (Fsp3) is 0.500. The molecule has 5 nitrogen and oxygen atoms in total. The lowest BCUT2D eigenvalue weighted by molar-refractivity contribution is -0.133. The van der Waals surface area contributed by atoms with Crippen molar-refractivity contribution >= 4 is 11.8 Å². The van der Waals surface area contributed by atoms with Crippen molar-refractivity contribution in [2.75, 3.05) is 26.7 Å². The van der Waals surface area contributed by atoms with E-state index in [9.17, 15) is 9.59 Å². The molecule has 1 aromatic carbocycles. The molecule has 1 aliphatic rings. The molecular formula is C16H23N3O2. The number of amides is 2. The maximum Gasteiger partial charge on any atom is 0.223 e. The highest BCUT2D eigenvalue weighted by Crippen LogP contribution is 2.26. The van der Waals surface area contributed by atoms with E-state index in [0.29, 0.717) is 25.9 Å². The van der Waals surface area contributed by atoms with Crippen LogP contribution in [0.5, 0.6) is 0 Å². The van der Waals surface area contributed by atoms with Gasteiger partial charge in [-0.05, 0) is 25.6 Å². The number of nitrogens with one attached hydrogen (secondary N) is 2. The van der Waals surface area contributed by atoms with Gasteiger partial charge in [0.05, 0.1) is 12.5 Å². The van der Waals surface area contributed by atoms with Gasteiger partial charge >= 0.3 is 0 Å². The zero-order valence-corrected chi connectivity index (χ0v) is 12.5. The van der Waals surface area contributed by atoms with Crippen LogP contribution in [0.25, 0.3) is 0 Å². The first-order valence-corrected chi connectivity index (χ1v) is 7.48. The molecule has 21 heavy (non-hydrogen) atoms. The van der Waals surface area contributed by atoms with Crippen LogP contribution < -0.4 is 10.6 Å². The zero-order chi connectivity index (χ0) is 15.1. The third-order valence-corrected chi connectivity index (χ3v) is 3.75. The number of hydrogen-bond acceptors (Lipinski definition) is 3. The Morgan fingerprint density at radius 1 is 1.38 bits per heavy atom. The van der Waals surface area contributed by atoms with Crippen molar-refractivity contribution in [3.63, 3.8) is 0 Å². The van der Waals surface area contributed by atoms with Gasteiger partial charge in [-0.15, -0.1) is 0 Å². The topological polar surface area (TPSA) is 61.4 Å². The molecule has 0 saturated carbocycles. The fourth-order valence-corrected chi connectivity index (χ4v) is 2.66. The molecule has 0 radical (unpaired) electrons. The van der Waals surface area contributed by atoms with Crippen LogP contribution in [-0.4, -0.2) is 43.4 Å². The molecular weight excluding hydrogens is 266 g/mol. The standard InChI is InChI=1S/C16H23N3O2/c1-17-9-5-8-16(21)19-11-10-18-15(20)12-14(19)13-6-3-2-4-7-13/h2-4,6-7,14,17H,5,8-12H2,1H3,(H,18,20). The number of carbonyl (C=O) groups is 2. The monoisotopic (exact) mass is 289 g/mol. The summed E-state index contributed by atoms with van der Waals surface area (Å²) in [7, 11) is 1.88. The van der Waals surface area contributed by atoms with Crippen LogP contribution in [-0.2, 0) is 9.59 Å². The summed E-state index contributed by atoms with van der Waals surface area (Å²) in [4.78, 5) is 26.2. The average Bonchev–Trinajstić information content (AvgIpc) is 2.70. The maximum atomic E-state index is 12.5. The van der Waals surface area contributed by atoms with Gasteiger partial charge in [0, 0.05) is 19.5 Å². The van der Waals surface area contributed by atoms with E-state index < -0.39 is 0 Å². The third-order valence-electron chi connectivity index (χ3n) is 3.75. The lowest BCUT2D eigenvalue weighted by Crippen LogP contribution is -2.36. The van der Waals surface area contributed by atoms with Crippen molar-refractivity contribution < 1.29 is 9.59 Å². The summed E-state index contributed by atoms with van der Waals surface area (Å²) >= 11 is 0. The quantitative estimate of drug-likeness (QED) is 0.797. The van der Waals surface area contributed by atoms with Gasteiger partial charge in [-0.3, -0.25) is 9.59 Å². The van der Waals surface area contributed by atoms with Crippen LogP contribution in [0.4, 0.5) is 0 Å². The van der Waals surface area contributed by atoms with E-state index >= 15 is 0 Å². The summed E-state index contributed by atoms with van der Waals surface area (Å²) in [6, 6.07) is 9.65. The van der Waals surface area contributed by atoms with E-state index in [-0.39, 0.29) is 17.9 Å². The number of benzene rings is 1. The van der Waals surface area contributed by atoms with Gasteiger partial charge in [-0.2, -0.15) is 0 Å². The molecule has 1 aliphatic heterocycles. The van der Waals surface area contributed by atoms with Gasteiger partial charge in [-0.1, -0.05) is 30.3 Å². The zero-order valence-electron chi connectivity index (χ0n) is 12.5. The van der Waals surface area contributed by atoms with E-state index in [1.807, 2.05) is 42.3 Å². The SMILES string of the molecule is CNCCCC(=O)N1CCNC(=O)CC1c1ccccc1. The minimum Gasteiger partial charge on any atom is -0.354 e. The maximum absolute atomic E-state index is 12.5. The molecule has 1 atom stereocenters. The molecule has 1 unspecified atom stereocenters. The molecule has 2 rings (SSSR count). The van der Waals surface area contributed by atoms with Gasteiger partial charge in [0.1, 0.15) is 0 Å². The highest BCUT2D eigenvalue weighted by molar-refractivity contribution is 5.81. The molecule has 0 aromatic heterocycles. The molecule has 5 heteroatoms. The Bertz CT molecular complexity index is 476.